The van der Waals surface area contributed by atoms with E-state index in [1.54, 1.807) is 18.3 Å². The molecule has 0 bridgehead atoms. The largest absolute Gasteiger partial charge is 0.503 e. The Balaban J connectivity index is 1.69. The highest BCUT2D eigenvalue weighted by molar-refractivity contribution is 9.10. The Morgan fingerprint density at radius 2 is 1.97 bits per heavy atom. The summed E-state index contributed by atoms with van der Waals surface area (Å²) in [6.07, 6.45) is 1.59. The van der Waals surface area contributed by atoms with Crippen molar-refractivity contribution in [1.29, 1.82) is 0 Å². The van der Waals surface area contributed by atoms with Crippen molar-refractivity contribution < 1.29 is 9.84 Å². The highest BCUT2D eigenvalue weighted by atomic mass is 79.9. The number of rotatable bonds is 5. The number of ether oxygens (including phenoxy) is 1. The molecule has 2 heterocycles. The maximum Gasteiger partial charge on any atom is 0.216 e. The van der Waals surface area contributed by atoms with E-state index >= 15 is 0 Å². The minimum Gasteiger partial charge on any atom is -0.503 e. The van der Waals surface area contributed by atoms with Gasteiger partial charge in [0.25, 0.3) is 0 Å². The summed E-state index contributed by atoms with van der Waals surface area (Å²) in [6, 6.07) is 15.1. The minimum absolute atomic E-state index is 0.0242. The molecule has 29 heavy (non-hydrogen) atoms. The molecule has 2 aromatic carbocycles. The Morgan fingerprint density at radius 1 is 1.17 bits per heavy atom. The van der Waals surface area contributed by atoms with Crippen LogP contribution in [0.3, 0.4) is 0 Å². The molecular formula is C19H15BrN6O2S. The van der Waals surface area contributed by atoms with Crippen molar-refractivity contribution >= 4 is 34.4 Å². The van der Waals surface area contributed by atoms with Crippen molar-refractivity contribution in [2.45, 2.75) is 0 Å². The Labute approximate surface area is 179 Å². The van der Waals surface area contributed by atoms with Gasteiger partial charge >= 0.3 is 0 Å². The van der Waals surface area contributed by atoms with Crippen LogP contribution in [-0.2, 0) is 0 Å². The zero-order valence-electron chi connectivity index (χ0n) is 15.1. The van der Waals surface area contributed by atoms with Gasteiger partial charge in [-0.2, -0.15) is 20.0 Å². The Bertz CT molecular complexity index is 1250. The van der Waals surface area contributed by atoms with Gasteiger partial charge in [-0.3, -0.25) is 5.10 Å². The normalized spacial score (nSPS) is 11.2. The van der Waals surface area contributed by atoms with Crippen LogP contribution in [0, 0.1) is 4.77 Å². The number of aromatic nitrogens is 5. The second-order valence-electron chi connectivity index (χ2n) is 6.00. The third-order valence-corrected chi connectivity index (χ3v) is 5.00. The van der Waals surface area contributed by atoms with E-state index in [0.717, 1.165) is 11.3 Å². The van der Waals surface area contributed by atoms with Crippen LogP contribution in [-0.4, -0.2) is 43.5 Å². The van der Waals surface area contributed by atoms with Gasteiger partial charge in [0.2, 0.25) is 10.6 Å². The molecular weight excluding hydrogens is 456 g/mol. The first kappa shape index (κ1) is 19.1. The summed E-state index contributed by atoms with van der Waals surface area (Å²) in [6.45, 7) is 0. The molecule has 4 aromatic rings. The first-order chi connectivity index (χ1) is 14.1. The van der Waals surface area contributed by atoms with E-state index in [1.807, 2.05) is 36.4 Å². The fourth-order valence-electron chi connectivity index (χ4n) is 2.71. The van der Waals surface area contributed by atoms with Crippen molar-refractivity contribution in [2.24, 2.45) is 5.10 Å². The molecule has 4 rings (SSSR count). The van der Waals surface area contributed by atoms with Crippen LogP contribution in [0.5, 0.6) is 11.5 Å². The summed E-state index contributed by atoms with van der Waals surface area (Å²) in [5, 5.41) is 28.7. The molecule has 0 aliphatic rings. The number of nitrogens with one attached hydrogen (secondary N) is 2. The van der Waals surface area contributed by atoms with Gasteiger partial charge in [-0.25, -0.2) is 5.10 Å². The average Bonchev–Trinajstić information content (AvgIpc) is 3.36. The van der Waals surface area contributed by atoms with E-state index in [9.17, 15) is 5.11 Å². The predicted molar refractivity (Wildman–Crippen MR) is 116 cm³/mol. The van der Waals surface area contributed by atoms with Crippen LogP contribution < -0.4 is 4.74 Å². The van der Waals surface area contributed by atoms with Gasteiger partial charge in [0, 0.05) is 5.56 Å². The van der Waals surface area contributed by atoms with Gasteiger partial charge in [-0.1, -0.05) is 30.3 Å². The molecule has 2 aromatic heterocycles. The number of halogens is 1. The van der Waals surface area contributed by atoms with Crippen molar-refractivity contribution in [3.63, 3.8) is 0 Å². The number of H-pyrrole nitrogens is 2. The van der Waals surface area contributed by atoms with Gasteiger partial charge in [0.05, 0.1) is 23.5 Å². The predicted octanol–water partition coefficient (Wildman–Crippen LogP) is 4.36. The maximum absolute atomic E-state index is 9.94. The molecule has 146 valence electrons. The molecule has 0 amide bonds. The van der Waals surface area contributed by atoms with Gasteiger partial charge in [0.15, 0.2) is 11.5 Å². The number of nitrogens with zero attached hydrogens (tertiary/aromatic N) is 4. The van der Waals surface area contributed by atoms with E-state index in [2.05, 4.69) is 41.4 Å². The molecule has 0 aliphatic carbocycles. The smallest absolute Gasteiger partial charge is 0.216 e. The van der Waals surface area contributed by atoms with E-state index < -0.39 is 0 Å². The maximum atomic E-state index is 9.94. The molecule has 3 N–H and O–H groups in total. The number of hydrogen-bond acceptors (Lipinski definition) is 6. The molecule has 8 nitrogen and oxygen atoms in total. The number of phenolic OH excluding ortho intramolecular Hbond substituents is 1. The molecule has 0 radical (unpaired) electrons. The number of methoxy groups -OCH3 is 1. The second kappa shape index (κ2) is 8.02. The highest BCUT2D eigenvalue weighted by Crippen LogP contribution is 2.34. The average molecular weight is 471 g/mol. The Hall–Kier alpha value is -3.24. The lowest BCUT2D eigenvalue weighted by molar-refractivity contribution is 0.372. The van der Waals surface area contributed by atoms with Gasteiger partial charge in [-0.05, 0) is 51.9 Å². The third-order valence-electron chi connectivity index (χ3n) is 4.13. The molecule has 0 saturated heterocycles. The highest BCUT2D eigenvalue weighted by Gasteiger charge is 2.13. The summed E-state index contributed by atoms with van der Waals surface area (Å²) in [7, 11) is 1.48. The summed E-state index contributed by atoms with van der Waals surface area (Å²) in [5.41, 5.74) is 3.14. The van der Waals surface area contributed by atoms with Crippen LogP contribution in [0.2, 0.25) is 0 Å². The van der Waals surface area contributed by atoms with Gasteiger partial charge < -0.3 is 9.84 Å². The summed E-state index contributed by atoms with van der Waals surface area (Å²) in [4.78, 5) is 0. The molecule has 10 heteroatoms. The van der Waals surface area contributed by atoms with E-state index in [1.165, 1.54) is 11.8 Å². The SMILES string of the molecule is COc1cc(C=Nn2c(-c3cc(-c4ccccc4)n[nH]3)n[nH]c2=S)cc(Br)c1O. The monoisotopic (exact) mass is 470 g/mol. The number of aromatic hydroxyl groups is 1. The van der Waals surface area contributed by atoms with E-state index in [-0.39, 0.29) is 5.75 Å². The summed E-state index contributed by atoms with van der Waals surface area (Å²) >= 11 is 8.60. The van der Waals surface area contributed by atoms with Gasteiger partial charge in [-0.15, -0.1) is 0 Å². The van der Waals surface area contributed by atoms with Gasteiger partial charge in [0.1, 0.15) is 5.69 Å². The number of hydrogen-bond donors (Lipinski definition) is 3. The molecule has 0 spiro atoms. The molecule has 0 atom stereocenters. The molecule has 0 fully saturated rings. The second-order valence-corrected chi connectivity index (χ2v) is 7.24. The molecule has 0 aliphatic heterocycles. The van der Waals surface area contributed by atoms with Crippen molar-refractivity contribution in [2.75, 3.05) is 7.11 Å². The summed E-state index contributed by atoms with van der Waals surface area (Å²) < 4.78 is 7.48. The number of phenols is 1. The fourth-order valence-corrected chi connectivity index (χ4v) is 3.35. The van der Waals surface area contributed by atoms with Crippen LogP contribution in [0.4, 0.5) is 0 Å². The first-order valence-electron chi connectivity index (χ1n) is 8.46. The van der Waals surface area contributed by atoms with E-state index in [4.69, 9.17) is 17.0 Å². The lowest BCUT2D eigenvalue weighted by atomic mass is 10.1. The van der Waals surface area contributed by atoms with Crippen molar-refractivity contribution in [3.05, 3.63) is 63.3 Å². The molecule has 0 saturated carbocycles. The minimum atomic E-state index is 0.0242. The van der Waals surface area contributed by atoms with Crippen LogP contribution in [0.1, 0.15) is 5.56 Å². The van der Waals surface area contributed by atoms with Crippen molar-refractivity contribution in [3.8, 4) is 34.3 Å². The topological polar surface area (TPSA) is 104 Å². The standard InChI is InChI=1S/C19H15BrN6O2S/c1-28-16-8-11(7-13(20)17(16)27)10-21-26-18(24-25-19(26)29)15-9-14(22-23-15)12-5-3-2-4-6-12/h2-10,27H,1H3,(H,22,23)(H,25,29). The van der Waals surface area contributed by atoms with Crippen LogP contribution >= 0.6 is 28.1 Å². The van der Waals surface area contributed by atoms with Crippen LogP contribution in [0.15, 0.2) is 58.1 Å². The lowest BCUT2D eigenvalue weighted by Gasteiger charge is -2.06. The Morgan fingerprint density at radius 3 is 2.72 bits per heavy atom. The zero-order valence-corrected chi connectivity index (χ0v) is 17.5. The number of aromatic amines is 2. The number of benzene rings is 2. The quantitative estimate of drug-likeness (QED) is 0.297. The fraction of sp³-hybridized carbons (Fsp3) is 0.0526. The molecule has 0 unspecified atom stereocenters. The first-order valence-corrected chi connectivity index (χ1v) is 9.66. The zero-order chi connectivity index (χ0) is 20.4. The lowest BCUT2D eigenvalue weighted by Crippen LogP contribution is -1.96. The third kappa shape index (κ3) is 3.84. The summed E-state index contributed by atoms with van der Waals surface area (Å²) in [5.74, 6) is 0.847. The van der Waals surface area contributed by atoms with E-state index in [0.29, 0.717) is 32.1 Å². The Kier molecular flexibility index (Phi) is 5.28. The van der Waals surface area contributed by atoms with Crippen molar-refractivity contribution in [1.82, 2.24) is 25.1 Å². The van der Waals surface area contributed by atoms with Crippen LogP contribution in [0.25, 0.3) is 22.8 Å².